The Hall–Kier alpha value is -1.86. The first kappa shape index (κ1) is 19.9. The number of piperidine rings is 1. The van der Waals surface area contributed by atoms with Crippen LogP contribution >= 0.6 is 11.8 Å². The standard InChI is InChI=1S/C20H26N2O4S/c23-18(14-27-15-19(24)22-10-12-26-13-11-22)21-8-6-17(7-9-21)20(25)16-4-2-1-3-5-16/h1-5,17H,6-15H2. The summed E-state index contributed by atoms with van der Waals surface area (Å²) in [7, 11) is 0. The number of hydrogen-bond donors (Lipinski definition) is 0. The maximum absolute atomic E-state index is 12.5. The van der Waals surface area contributed by atoms with Crippen molar-refractivity contribution in [2.75, 3.05) is 50.9 Å². The van der Waals surface area contributed by atoms with Crippen LogP contribution in [0, 0.1) is 5.92 Å². The predicted octanol–water partition coefficient (Wildman–Crippen LogP) is 1.70. The molecule has 2 fully saturated rings. The summed E-state index contributed by atoms with van der Waals surface area (Å²) in [6.07, 6.45) is 1.41. The number of ether oxygens (including phenoxy) is 1. The fraction of sp³-hybridized carbons (Fsp3) is 0.550. The van der Waals surface area contributed by atoms with Crippen LogP contribution in [-0.2, 0) is 14.3 Å². The highest BCUT2D eigenvalue weighted by molar-refractivity contribution is 8.00. The molecule has 0 unspecified atom stereocenters. The van der Waals surface area contributed by atoms with Crippen molar-refractivity contribution in [2.24, 2.45) is 5.92 Å². The second-order valence-corrected chi connectivity index (χ2v) is 7.86. The molecule has 0 aliphatic carbocycles. The molecule has 2 aliphatic heterocycles. The highest BCUT2D eigenvalue weighted by atomic mass is 32.2. The Morgan fingerprint density at radius 3 is 2.04 bits per heavy atom. The van der Waals surface area contributed by atoms with Gasteiger partial charge in [0.05, 0.1) is 24.7 Å². The molecule has 0 bridgehead atoms. The van der Waals surface area contributed by atoms with E-state index < -0.39 is 0 Å². The number of Topliss-reactive ketones (excluding diaryl/α,β-unsaturated/α-hetero) is 1. The second-order valence-electron chi connectivity index (χ2n) is 6.87. The minimum Gasteiger partial charge on any atom is -0.378 e. The van der Waals surface area contributed by atoms with Crippen LogP contribution in [0.1, 0.15) is 23.2 Å². The molecule has 27 heavy (non-hydrogen) atoms. The van der Waals surface area contributed by atoms with Gasteiger partial charge in [0.15, 0.2) is 5.78 Å². The molecule has 2 aliphatic rings. The van der Waals surface area contributed by atoms with Crippen molar-refractivity contribution in [3.8, 4) is 0 Å². The third-order valence-electron chi connectivity index (χ3n) is 5.09. The van der Waals surface area contributed by atoms with Gasteiger partial charge >= 0.3 is 0 Å². The van der Waals surface area contributed by atoms with Gasteiger partial charge in [-0.15, -0.1) is 11.8 Å². The Morgan fingerprint density at radius 1 is 0.889 bits per heavy atom. The van der Waals surface area contributed by atoms with Crippen molar-refractivity contribution in [3.05, 3.63) is 35.9 Å². The van der Waals surface area contributed by atoms with Crippen LogP contribution in [-0.4, -0.2) is 78.3 Å². The lowest BCUT2D eigenvalue weighted by atomic mass is 9.89. The molecule has 0 N–H and O–H groups in total. The van der Waals surface area contributed by atoms with Gasteiger partial charge in [-0.3, -0.25) is 14.4 Å². The van der Waals surface area contributed by atoms with E-state index in [-0.39, 0.29) is 23.5 Å². The number of carbonyl (C=O) groups excluding carboxylic acids is 3. The van der Waals surface area contributed by atoms with Crippen LogP contribution in [0.5, 0.6) is 0 Å². The highest BCUT2D eigenvalue weighted by Gasteiger charge is 2.28. The summed E-state index contributed by atoms with van der Waals surface area (Å²) >= 11 is 1.37. The summed E-state index contributed by atoms with van der Waals surface area (Å²) in [5.74, 6) is 0.936. The summed E-state index contributed by atoms with van der Waals surface area (Å²) in [5, 5.41) is 0. The molecule has 146 valence electrons. The molecule has 0 radical (unpaired) electrons. The quantitative estimate of drug-likeness (QED) is 0.692. The first-order valence-electron chi connectivity index (χ1n) is 9.45. The predicted molar refractivity (Wildman–Crippen MR) is 105 cm³/mol. The number of morpholine rings is 1. The molecule has 1 aromatic rings. The fourth-order valence-electron chi connectivity index (χ4n) is 3.45. The van der Waals surface area contributed by atoms with E-state index >= 15 is 0 Å². The summed E-state index contributed by atoms with van der Waals surface area (Å²) in [5.41, 5.74) is 0.749. The van der Waals surface area contributed by atoms with E-state index in [1.165, 1.54) is 11.8 Å². The van der Waals surface area contributed by atoms with Crippen LogP contribution in [0.4, 0.5) is 0 Å². The summed E-state index contributed by atoms with van der Waals surface area (Å²) in [6, 6.07) is 9.35. The van der Waals surface area contributed by atoms with Gasteiger partial charge in [0, 0.05) is 37.7 Å². The van der Waals surface area contributed by atoms with Gasteiger partial charge in [0.1, 0.15) is 0 Å². The minimum atomic E-state index is -0.00741. The summed E-state index contributed by atoms with van der Waals surface area (Å²) in [4.78, 5) is 40.6. The number of nitrogens with zero attached hydrogens (tertiary/aromatic N) is 2. The minimum absolute atomic E-state index is 0.00741. The van der Waals surface area contributed by atoms with Crippen molar-refractivity contribution in [2.45, 2.75) is 12.8 Å². The van der Waals surface area contributed by atoms with E-state index in [4.69, 9.17) is 4.74 Å². The van der Waals surface area contributed by atoms with Crippen molar-refractivity contribution >= 4 is 29.4 Å². The smallest absolute Gasteiger partial charge is 0.232 e. The molecule has 0 atom stereocenters. The Kier molecular flexibility index (Phi) is 7.29. The highest BCUT2D eigenvalue weighted by Crippen LogP contribution is 2.22. The molecular weight excluding hydrogens is 364 g/mol. The average molecular weight is 391 g/mol. The second kappa shape index (κ2) is 9.90. The summed E-state index contributed by atoms with van der Waals surface area (Å²) < 4.78 is 5.24. The SMILES string of the molecule is O=C(c1ccccc1)C1CCN(C(=O)CSCC(=O)N2CCOCC2)CC1. The molecule has 1 aromatic carbocycles. The summed E-state index contributed by atoms with van der Waals surface area (Å²) in [6.45, 7) is 3.67. The lowest BCUT2D eigenvalue weighted by Gasteiger charge is -2.31. The maximum atomic E-state index is 12.5. The number of rotatable bonds is 6. The van der Waals surface area contributed by atoms with Gasteiger partial charge in [-0.05, 0) is 12.8 Å². The monoisotopic (exact) mass is 390 g/mol. The first-order valence-corrected chi connectivity index (χ1v) is 10.6. The molecule has 2 heterocycles. The molecule has 2 amide bonds. The number of hydrogen-bond acceptors (Lipinski definition) is 5. The van der Waals surface area contributed by atoms with Gasteiger partial charge in [-0.25, -0.2) is 0 Å². The van der Waals surface area contributed by atoms with Crippen molar-refractivity contribution in [1.29, 1.82) is 0 Å². The van der Waals surface area contributed by atoms with Crippen LogP contribution in [0.3, 0.4) is 0 Å². The van der Waals surface area contributed by atoms with Crippen molar-refractivity contribution < 1.29 is 19.1 Å². The normalized spacial score (nSPS) is 18.4. The number of carbonyl (C=O) groups is 3. The average Bonchev–Trinajstić information content (AvgIpc) is 2.74. The van der Waals surface area contributed by atoms with E-state index in [1.807, 2.05) is 35.2 Å². The van der Waals surface area contributed by atoms with Crippen LogP contribution in [0.2, 0.25) is 0 Å². The number of ketones is 1. The van der Waals surface area contributed by atoms with Gasteiger partial charge in [-0.2, -0.15) is 0 Å². The van der Waals surface area contributed by atoms with E-state index in [2.05, 4.69) is 0 Å². The number of likely N-dealkylation sites (tertiary alicyclic amines) is 1. The Bertz CT molecular complexity index is 653. The largest absolute Gasteiger partial charge is 0.378 e. The van der Waals surface area contributed by atoms with E-state index in [9.17, 15) is 14.4 Å². The van der Waals surface area contributed by atoms with Crippen LogP contribution < -0.4 is 0 Å². The third kappa shape index (κ3) is 5.56. The fourth-order valence-corrected chi connectivity index (χ4v) is 4.27. The number of amides is 2. The van der Waals surface area contributed by atoms with Crippen molar-refractivity contribution in [3.63, 3.8) is 0 Å². The molecule has 0 aromatic heterocycles. The van der Waals surface area contributed by atoms with Crippen molar-refractivity contribution in [1.82, 2.24) is 9.80 Å². The van der Waals surface area contributed by atoms with Crippen LogP contribution in [0.25, 0.3) is 0 Å². The third-order valence-corrected chi connectivity index (χ3v) is 5.99. The van der Waals surface area contributed by atoms with E-state index in [0.717, 1.165) is 5.56 Å². The number of benzene rings is 1. The maximum Gasteiger partial charge on any atom is 0.232 e. The molecular formula is C20H26N2O4S. The van der Waals surface area contributed by atoms with Crippen LogP contribution in [0.15, 0.2) is 30.3 Å². The molecule has 7 heteroatoms. The lowest BCUT2D eigenvalue weighted by Crippen LogP contribution is -2.42. The van der Waals surface area contributed by atoms with Gasteiger partial charge in [0.25, 0.3) is 0 Å². The zero-order valence-corrected chi connectivity index (χ0v) is 16.3. The van der Waals surface area contributed by atoms with Gasteiger partial charge in [0.2, 0.25) is 11.8 Å². The zero-order chi connectivity index (χ0) is 19.1. The molecule has 0 saturated carbocycles. The molecule has 2 saturated heterocycles. The number of thioether (sulfide) groups is 1. The topological polar surface area (TPSA) is 66.9 Å². The Morgan fingerprint density at radius 2 is 1.44 bits per heavy atom. The van der Waals surface area contributed by atoms with E-state index in [1.54, 1.807) is 4.90 Å². The Labute approximate surface area is 164 Å². The first-order chi connectivity index (χ1) is 13.1. The van der Waals surface area contributed by atoms with Gasteiger partial charge in [-0.1, -0.05) is 30.3 Å². The molecule has 3 rings (SSSR count). The molecule has 0 spiro atoms. The Balaban J connectivity index is 1.37. The van der Waals surface area contributed by atoms with E-state index in [0.29, 0.717) is 63.7 Å². The lowest BCUT2D eigenvalue weighted by molar-refractivity contribution is -0.132. The van der Waals surface area contributed by atoms with Gasteiger partial charge < -0.3 is 14.5 Å². The molecule has 6 nitrogen and oxygen atoms in total. The zero-order valence-electron chi connectivity index (χ0n) is 15.5.